The number of pyridine rings is 1. The normalized spacial score (nSPS) is 12.4. The summed E-state index contributed by atoms with van der Waals surface area (Å²) < 4.78 is 0. The molecule has 0 saturated carbocycles. The summed E-state index contributed by atoms with van der Waals surface area (Å²) in [5.41, 5.74) is 6.43. The van der Waals surface area contributed by atoms with E-state index < -0.39 is 0 Å². The van der Waals surface area contributed by atoms with Crippen LogP contribution in [0.3, 0.4) is 0 Å². The molecule has 2 rings (SSSR count). The van der Waals surface area contributed by atoms with E-state index in [9.17, 15) is 0 Å². The van der Waals surface area contributed by atoms with E-state index >= 15 is 0 Å². The van der Waals surface area contributed by atoms with Crippen LogP contribution in [0.1, 0.15) is 47.3 Å². The van der Waals surface area contributed by atoms with Gasteiger partial charge in [0.2, 0.25) is 0 Å². The SMILES string of the molecule is CCCNC(Cc1ccccc1C)c1ncc(C)cc1C. The number of rotatable bonds is 6. The Bertz CT molecular complexity index is 590. The third-order valence-corrected chi connectivity index (χ3v) is 3.91. The van der Waals surface area contributed by atoms with Crippen molar-refractivity contribution in [1.82, 2.24) is 10.3 Å². The topological polar surface area (TPSA) is 24.9 Å². The fourth-order valence-electron chi connectivity index (χ4n) is 2.73. The molecule has 1 aromatic heterocycles. The van der Waals surface area contributed by atoms with E-state index in [2.05, 4.69) is 63.3 Å². The predicted molar refractivity (Wildman–Crippen MR) is 89.6 cm³/mol. The first kappa shape index (κ1) is 15.7. The first-order chi connectivity index (χ1) is 10.1. The average molecular weight is 282 g/mol. The van der Waals surface area contributed by atoms with Gasteiger partial charge in [-0.1, -0.05) is 37.3 Å². The van der Waals surface area contributed by atoms with E-state index in [1.165, 1.54) is 27.9 Å². The smallest absolute Gasteiger partial charge is 0.0605 e. The maximum absolute atomic E-state index is 4.69. The van der Waals surface area contributed by atoms with Gasteiger partial charge in [0.15, 0.2) is 0 Å². The first-order valence-electron chi connectivity index (χ1n) is 7.82. The lowest BCUT2D eigenvalue weighted by Gasteiger charge is -2.21. The highest BCUT2D eigenvalue weighted by atomic mass is 14.9. The molecule has 1 heterocycles. The molecule has 0 aliphatic carbocycles. The van der Waals surface area contributed by atoms with Crippen molar-refractivity contribution in [2.24, 2.45) is 0 Å². The molecular formula is C19H26N2. The maximum atomic E-state index is 4.69. The van der Waals surface area contributed by atoms with E-state index in [0.717, 1.165) is 19.4 Å². The molecule has 0 bridgehead atoms. The van der Waals surface area contributed by atoms with Gasteiger partial charge in [-0.25, -0.2) is 0 Å². The molecule has 2 aromatic rings. The zero-order valence-electron chi connectivity index (χ0n) is 13.6. The van der Waals surface area contributed by atoms with Gasteiger partial charge in [0.25, 0.3) is 0 Å². The third-order valence-electron chi connectivity index (χ3n) is 3.91. The molecule has 1 atom stereocenters. The number of nitrogens with one attached hydrogen (secondary N) is 1. The van der Waals surface area contributed by atoms with Crippen LogP contribution in [-0.4, -0.2) is 11.5 Å². The maximum Gasteiger partial charge on any atom is 0.0605 e. The van der Waals surface area contributed by atoms with Gasteiger partial charge in [0, 0.05) is 6.20 Å². The van der Waals surface area contributed by atoms with E-state index in [0.29, 0.717) is 0 Å². The Hall–Kier alpha value is -1.67. The van der Waals surface area contributed by atoms with Crippen LogP contribution in [0.4, 0.5) is 0 Å². The molecule has 1 aromatic carbocycles. The highest BCUT2D eigenvalue weighted by Gasteiger charge is 2.16. The molecule has 1 N–H and O–H groups in total. The minimum absolute atomic E-state index is 0.284. The van der Waals surface area contributed by atoms with Crippen molar-refractivity contribution < 1.29 is 0 Å². The van der Waals surface area contributed by atoms with Crippen LogP contribution in [0.15, 0.2) is 36.5 Å². The Morgan fingerprint density at radius 2 is 1.86 bits per heavy atom. The second-order valence-corrected chi connectivity index (χ2v) is 5.85. The molecule has 0 radical (unpaired) electrons. The minimum atomic E-state index is 0.284. The summed E-state index contributed by atoms with van der Waals surface area (Å²) in [4.78, 5) is 4.69. The largest absolute Gasteiger partial charge is 0.308 e. The lowest BCUT2D eigenvalue weighted by atomic mass is 9.96. The molecule has 0 aliphatic heterocycles. The summed E-state index contributed by atoms with van der Waals surface area (Å²) in [6.07, 6.45) is 4.10. The van der Waals surface area contributed by atoms with Crippen LogP contribution >= 0.6 is 0 Å². The predicted octanol–water partition coefficient (Wildman–Crippen LogP) is 4.29. The molecule has 0 fully saturated rings. The standard InChI is InChI=1S/C19H26N2/c1-5-10-20-18(12-17-9-7-6-8-15(17)3)19-16(4)11-14(2)13-21-19/h6-9,11,13,18,20H,5,10,12H2,1-4H3. The fourth-order valence-corrected chi connectivity index (χ4v) is 2.73. The Morgan fingerprint density at radius 3 is 2.52 bits per heavy atom. The van der Waals surface area contributed by atoms with E-state index in [1.807, 2.05) is 6.20 Å². The zero-order chi connectivity index (χ0) is 15.2. The zero-order valence-corrected chi connectivity index (χ0v) is 13.6. The fraction of sp³-hybridized carbons (Fsp3) is 0.421. The van der Waals surface area contributed by atoms with Crippen LogP contribution in [0.2, 0.25) is 0 Å². The summed E-state index contributed by atoms with van der Waals surface area (Å²) in [7, 11) is 0. The van der Waals surface area contributed by atoms with Crippen LogP contribution in [0, 0.1) is 20.8 Å². The molecular weight excluding hydrogens is 256 g/mol. The molecule has 2 heteroatoms. The number of aryl methyl sites for hydroxylation is 3. The number of nitrogens with zero attached hydrogens (tertiary/aromatic N) is 1. The average Bonchev–Trinajstić information content (AvgIpc) is 2.46. The molecule has 0 saturated heterocycles. The van der Waals surface area contributed by atoms with Gasteiger partial charge in [0.05, 0.1) is 11.7 Å². The Balaban J connectivity index is 2.27. The van der Waals surface area contributed by atoms with Gasteiger partial charge in [-0.3, -0.25) is 4.98 Å². The van der Waals surface area contributed by atoms with Crippen molar-refractivity contribution in [2.45, 2.75) is 46.6 Å². The van der Waals surface area contributed by atoms with Gasteiger partial charge >= 0.3 is 0 Å². The molecule has 0 spiro atoms. The highest BCUT2D eigenvalue weighted by molar-refractivity contribution is 5.31. The molecule has 0 aliphatic rings. The molecule has 112 valence electrons. The van der Waals surface area contributed by atoms with Gasteiger partial charge in [-0.05, 0) is 62.4 Å². The summed E-state index contributed by atoms with van der Waals surface area (Å²) >= 11 is 0. The van der Waals surface area contributed by atoms with Crippen molar-refractivity contribution >= 4 is 0 Å². The second kappa shape index (κ2) is 7.37. The molecule has 0 amide bonds. The lowest BCUT2D eigenvalue weighted by Crippen LogP contribution is -2.26. The number of aromatic nitrogens is 1. The van der Waals surface area contributed by atoms with Crippen molar-refractivity contribution in [1.29, 1.82) is 0 Å². The first-order valence-corrected chi connectivity index (χ1v) is 7.82. The lowest BCUT2D eigenvalue weighted by molar-refractivity contribution is 0.514. The second-order valence-electron chi connectivity index (χ2n) is 5.85. The number of benzene rings is 1. The van der Waals surface area contributed by atoms with Crippen molar-refractivity contribution in [3.8, 4) is 0 Å². The van der Waals surface area contributed by atoms with Crippen molar-refractivity contribution in [3.63, 3.8) is 0 Å². The Labute approximate surface area is 128 Å². The molecule has 1 unspecified atom stereocenters. The molecule has 21 heavy (non-hydrogen) atoms. The monoisotopic (exact) mass is 282 g/mol. The van der Waals surface area contributed by atoms with Gasteiger partial charge < -0.3 is 5.32 Å². The van der Waals surface area contributed by atoms with E-state index in [4.69, 9.17) is 4.98 Å². The summed E-state index contributed by atoms with van der Waals surface area (Å²) in [6.45, 7) is 9.66. The summed E-state index contributed by atoms with van der Waals surface area (Å²) in [5, 5.41) is 3.66. The molecule has 2 nitrogen and oxygen atoms in total. The van der Waals surface area contributed by atoms with Crippen molar-refractivity contribution in [2.75, 3.05) is 6.54 Å². The Morgan fingerprint density at radius 1 is 1.10 bits per heavy atom. The van der Waals surface area contributed by atoms with Crippen molar-refractivity contribution in [3.05, 3.63) is 64.5 Å². The van der Waals surface area contributed by atoms with Crippen LogP contribution < -0.4 is 5.32 Å². The minimum Gasteiger partial charge on any atom is -0.308 e. The number of hydrogen-bond acceptors (Lipinski definition) is 2. The summed E-state index contributed by atoms with van der Waals surface area (Å²) in [6, 6.07) is 11.1. The van der Waals surface area contributed by atoms with E-state index in [1.54, 1.807) is 0 Å². The number of hydrogen-bond donors (Lipinski definition) is 1. The van der Waals surface area contributed by atoms with Crippen LogP contribution in [-0.2, 0) is 6.42 Å². The quantitative estimate of drug-likeness (QED) is 0.855. The van der Waals surface area contributed by atoms with Crippen LogP contribution in [0.25, 0.3) is 0 Å². The summed E-state index contributed by atoms with van der Waals surface area (Å²) in [5.74, 6) is 0. The third kappa shape index (κ3) is 4.15. The van der Waals surface area contributed by atoms with E-state index in [-0.39, 0.29) is 6.04 Å². The van der Waals surface area contributed by atoms with Crippen LogP contribution in [0.5, 0.6) is 0 Å². The van der Waals surface area contributed by atoms with Gasteiger partial charge in [0.1, 0.15) is 0 Å². The Kier molecular flexibility index (Phi) is 5.51. The highest BCUT2D eigenvalue weighted by Crippen LogP contribution is 2.22. The van der Waals surface area contributed by atoms with Gasteiger partial charge in [-0.2, -0.15) is 0 Å². The van der Waals surface area contributed by atoms with Gasteiger partial charge in [-0.15, -0.1) is 0 Å².